The highest BCUT2D eigenvalue weighted by Gasteiger charge is 2.16. The number of rotatable bonds is 5. The van der Waals surface area contributed by atoms with E-state index in [1.165, 1.54) is 17.7 Å². The molecule has 2 aromatic carbocycles. The zero-order valence-corrected chi connectivity index (χ0v) is 18.6. The highest BCUT2D eigenvalue weighted by atomic mass is 35.5. The molecule has 0 aliphatic rings. The van der Waals surface area contributed by atoms with Crippen molar-refractivity contribution in [3.63, 3.8) is 0 Å². The molecule has 4 aromatic rings. The first kappa shape index (κ1) is 21.7. The average Bonchev–Trinajstić information content (AvgIpc) is 3.12. The Labute approximate surface area is 192 Å². The van der Waals surface area contributed by atoms with Crippen molar-refractivity contribution in [3.05, 3.63) is 78.7 Å². The van der Waals surface area contributed by atoms with Crippen LogP contribution in [0.4, 0.5) is 0 Å². The maximum absolute atomic E-state index is 12.1. The van der Waals surface area contributed by atoms with Gasteiger partial charge in [-0.15, -0.1) is 5.10 Å². The van der Waals surface area contributed by atoms with E-state index in [9.17, 15) is 9.59 Å². The van der Waals surface area contributed by atoms with E-state index in [4.69, 9.17) is 33.2 Å². The predicted octanol–water partition coefficient (Wildman–Crippen LogP) is 4.57. The molecule has 0 amide bonds. The van der Waals surface area contributed by atoms with Crippen molar-refractivity contribution < 1.29 is 4.74 Å². The maximum atomic E-state index is 12.1. The van der Waals surface area contributed by atoms with Crippen LogP contribution < -0.4 is 16.0 Å². The summed E-state index contributed by atoms with van der Waals surface area (Å²) in [6.45, 7) is 4.31. The number of hydrogen-bond acceptors (Lipinski definition) is 5. The molecular weight excluding hydrogens is 453 g/mol. The smallest absolute Gasteiger partial charge is 0.349 e. The Morgan fingerprint density at radius 3 is 2.56 bits per heavy atom. The quantitative estimate of drug-likeness (QED) is 0.443. The molecule has 0 unspecified atom stereocenters. The lowest BCUT2D eigenvalue weighted by atomic mass is 10.0. The van der Waals surface area contributed by atoms with E-state index in [1.54, 1.807) is 12.1 Å². The lowest BCUT2D eigenvalue weighted by molar-refractivity contribution is 0.483. The molecule has 10 heteroatoms. The van der Waals surface area contributed by atoms with Gasteiger partial charge in [0.25, 0.3) is 5.56 Å². The monoisotopic (exact) mass is 469 g/mol. The second-order valence-electron chi connectivity index (χ2n) is 7.59. The van der Waals surface area contributed by atoms with Crippen LogP contribution >= 0.6 is 23.2 Å². The van der Waals surface area contributed by atoms with Gasteiger partial charge in [0.2, 0.25) is 5.69 Å². The van der Waals surface area contributed by atoms with Gasteiger partial charge in [-0.1, -0.05) is 37.0 Å². The van der Waals surface area contributed by atoms with Crippen molar-refractivity contribution >= 4 is 34.1 Å². The van der Waals surface area contributed by atoms with Crippen LogP contribution in [-0.4, -0.2) is 19.7 Å². The lowest BCUT2D eigenvalue weighted by Gasteiger charge is -2.12. The fourth-order valence-electron chi connectivity index (χ4n) is 3.36. The minimum absolute atomic E-state index is 0.127. The molecule has 0 aliphatic carbocycles. The fourth-order valence-corrected chi connectivity index (χ4v) is 3.91. The van der Waals surface area contributed by atoms with Crippen LogP contribution in [0.15, 0.2) is 46.1 Å². The standard InChI is InChI=1S/C22H17Cl2N5O3/c1-11(2)5-12-10-26-18-4-3-14(8-15(12)18)32-20-16(23)6-13(7-17(20)24)29-22(31)27-21(30)19(9-25)28-29/h3-4,6-8,10-11,26H,5H2,1-2H3,(H,27,30,31). The minimum atomic E-state index is -0.872. The van der Waals surface area contributed by atoms with E-state index in [2.05, 4.69) is 23.9 Å². The summed E-state index contributed by atoms with van der Waals surface area (Å²) in [5, 5.41) is 14.1. The van der Waals surface area contributed by atoms with Crippen molar-refractivity contribution in [2.45, 2.75) is 20.3 Å². The Hall–Kier alpha value is -3.54. The Morgan fingerprint density at radius 2 is 1.91 bits per heavy atom. The summed E-state index contributed by atoms with van der Waals surface area (Å²) in [7, 11) is 0. The molecule has 4 rings (SSSR count). The Balaban J connectivity index is 1.72. The number of halogens is 2. The normalized spacial score (nSPS) is 11.1. The number of aromatic amines is 2. The van der Waals surface area contributed by atoms with Crippen LogP contribution in [-0.2, 0) is 6.42 Å². The van der Waals surface area contributed by atoms with E-state index in [-0.39, 0.29) is 21.5 Å². The van der Waals surface area contributed by atoms with E-state index in [1.807, 2.05) is 23.3 Å². The molecule has 2 heterocycles. The van der Waals surface area contributed by atoms with Crippen molar-refractivity contribution in [1.29, 1.82) is 5.26 Å². The molecule has 0 saturated heterocycles. The molecule has 2 aromatic heterocycles. The number of nitrogens with one attached hydrogen (secondary N) is 2. The van der Waals surface area contributed by atoms with Crippen LogP contribution in [0.2, 0.25) is 10.0 Å². The Kier molecular flexibility index (Phi) is 5.78. The molecule has 0 saturated carbocycles. The molecule has 0 atom stereocenters. The first-order valence-electron chi connectivity index (χ1n) is 9.68. The first-order valence-corrected chi connectivity index (χ1v) is 10.4. The van der Waals surface area contributed by atoms with Gasteiger partial charge in [-0.3, -0.25) is 9.78 Å². The number of H-pyrrole nitrogens is 2. The second-order valence-corrected chi connectivity index (χ2v) is 8.41. The summed E-state index contributed by atoms with van der Waals surface area (Å²) in [5.74, 6) is 1.25. The van der Waals surface area contributed by atoms with Gasteiger partial charge in [-0.2, -0.15) is 9.94 Å². The van der Waals surface area contributed by atoms with Crippen LogP contribution in [0.3, 0.4) is 0 Å². The zero-order valence-electron chi connectivity index (χ0n) is 17.1. The Bertz CT molecular complexity index is 1470. The third kappa shape index (κ3) is 4.13. The van der Waals surface area contributed by atoms with Crippen LogP contribution in [0, 0.1) is 17.2 Å². The van der Waals surface area contributed by atoms with Crippen molar-refractivity contribution in [2.24, 2.45) is 5.92 Å². The third-order valence-electron chi connectivity index (χ3n) is 4.75. The van der Waals surface area contributed by atoms with E-state index in [0.29, 0.717) is 11.7 Å². The van der Waals surface area contributed by atoms with Gasteiger partial charge in [0, 0.05) is 17.1 Å². The van der Waals surface area contributed by atoms with Crippen molar-refractivity contribution in [3.8, 4) is 23.3 Å². The highest BCUT2D eigenvalue weighted by Crippen LogP contribution is 2.39. The number of nitriles is 1. The molecule has 0 spiro atoms. The van der Waals surface area contributed by atoms with E-state index < -0.39 is 16.9 Å². The van der Waals surface area contributed by atoms with E-state index >= 15 is 0 Å². The summed E-state index contributed by atoms with van der Waals surface area (Å²) in [5.41, 5.74) is 0.190. The van der Waals surface area contributed by atoms with Crippen LogP contribution in [0.5, 0.6) is 11.5 Å². The largest absolute Gasteiger partial charge is 0.454 e. The van der Waals surface area contributed by atoms with Crippen LogP contribution in [0.1, 0.15) is 25.1 Å². The van der Waals surface area contributed by atoms with Gasteiger partial charge in [-0.05, 0) is 48.2 Å². The SMILES string of the molecule is CC(C)Cc1c[nH]c2ccc(Oc3c(Cl)cc(-n4nc(C#N)c(=O)[nH]c4=O)cc3Cl)cc12. The fraction of sp³-hybridized carbons (Fsp3) is 0.182. The van der Waals surface area contributed by atoms with Crippen LogP contribution in [0.25, 0.3) is 16.6 Å². The minimum Gasteiger partial charge on any atom is -0.454 e. The summed E-state index contributed by atoms with van der Waals surface area (Å²) in [4.78, 5) is 29.0. The van der Waals surface area contributed by atoms with Crippen molar-refractivity contribution in [2.75, 3.05) is 0 Å². The molecule has 32 heavy (non-hydrogen) atoms. The summed E-state index contributed by atoms with van der Waals surface area (Å²) < 4.78 is 6.81. The highest BCUT2D eigenvalue weighted by molar-refractivity contribution is 6.37. The number of hydrogen-bond donors (Lipinski definition) is 2. The molecule has 0 aliphatic heterocycles. The predicted molar refractivity (Wildman–Crippen MR) is 122 cm³/mol. The third-order valence-corrected chi connectivity index (χ3v) is 5.31. The second kappa shape index (κ2) is 8.54. The molecule has 0 radical (unpaired) electrons. The molecule has 0 fully saturated rings. The van der Waals surface area contributed by atoms with Gasteiger partial charge in [0.1, 0.15) is 11.8 Å². The topological polar surface area (TPSA) is 117 Å². The number of fused-ring (bicyclic) bond motifs is 1. The summed E-state index contributed by atoms with van der Waals surface area (Å²) in [6, 6.07) is 10.1. The number of aromatic nitrogens is 4. The number of nitrogens with zero attached hydrogens (tertiary/aromatic N) is 3. The molecular formula is C22H17Cl2N5O3. The molecule has 162 valence electrons. The summed E-state index contributed by atoms with van der Waals surface area (Å²) in [6.07, 6.45) is 2.92. The molecule has 8 nitrogen and oxygen atoms in total. The lowest BCUT2D eigenvalue weighted by Crippen LogP contribution is -2.33. The van der Waals surface area contributed by atoms with Crippen molar-refractivity contribution in [1.82, 2.24) is 19.7 Å². The number of benzene rings is 2. The molecule has 0 bridgehead atoms. The van der Waals surface area contributed by atoms with Gasteiger partial charge < -0.3 is 9.72 Å². The Morgan fingerprint density at radius 1 is 1.19 bits per heavy atom. The van der Waals surface area contributed by atoms with Gasteiger partial charge in [0.15, 0.2) is 5.75 Å². The first-order chi connectivity index (χ1) is 15.3. The zero-order chi connectivity index (χ0) is 23.0. The number of ether oxygens (including phenoxy) is 1. The van der Waals surface area contributed by atoms with Gasteiger partial charge >= 0.3 is 5.69 Å². The van der Waals surface area contributed by atoms with Gasteiger partial charge in [0.05, 0.1) is 15.7 Å². The van der Waals surface area contributed by atoms with Gasteiger partial charge in [-0.25, -0.2) is 4.79 Å². The van der Waals surface area contributed by atoms with E-state index in [0.717, 1.165) is 22.0 Å². The maximum Gasteiger partial charge on any atom is 0.349 e. The molecule has 2 N–H and O–H groups in total. The summed E-state index contributed by atoms with van der Waals surface area (Å²) >= 11 is 12.8. The average molecular weight is 470 g/mol.